The number of carbonyl (C=O) groups is 1. The van der Waals surface area contributed by atoms with Gasteiger partial charge in [0.15, 0.2) is 5.75 Å². The molecule has 0 fully saturated rings. The van der Waals surface area contributed by atoms with Crippen LogP contribution in [-0.2, 0) is 4.74 Å². The number of non-ortho nitro benzene ring substituents is 1. The average molecular weight is 293 g/mol. The number of nitro benzene ring substituents is 1. The van der Waals surface area contributed by atoms with E-state index in [1.807, 2.05) is 6.92 Å². The Morgan fingerprint density at radius 1 is 1.38 bits per heavy atom. The molecule has 7 heteroatoms. The molecule has 21 heavy (non-hydrogen) atoms. The van der Waals surface area contributed by atoms with Gasteiger partial charge >= 0.3 is 5.97 Å². The first-order valence-corrected chi connectivity index (χ1v) is 6.59. The smallest absolute Gasteiger partial charge is 0.378 e. The first-order chi connectivity index (χ1) is 10.1. The first-order valence-electron chi connectivity index (χ1n) is 6.59. The van der Waals surface area contributed by atoms with Crippen LogP contribution >= 0.6 is 0 Å². The molecule has 0 aliphatic rings. The molecule has 7 nitrogen and oxygen atoms in total. The highest BCUT2D eigenvalue weighted by molar-refractivity contribution is 5.99. The number of benzene rings is 1. The van der Waals surface area contributed by atoms with Crippen molar-refractivity contribution in [2.24, 2.45) is 0 Å². The van der Waals surface area contributed by atoms with E-state index in [9.17, 15) is 14.9 Å². The average Bonchev–Trinajstić information content (AvgIpc) is 2.83. The van der Waals surface area contributed by atoms with Crippen LogP contribution in [0, 0.1) is 10.1 Å². The lowest BCUT2D eigenvalue weighted by Gasteiger charge is -2.04. The van der Waals surface area contributed by atoms with Gasteiger partial charge in [0, 0.05) is 12.1 Å². The Balaban J connectivity index is 2.56. The minimum Gasteiger partial charge on any atom is -0.489 e. The third-order valence-electron chi connectivity index (χ3n) is 2.75. The van der Waals surface area contributed by atoms with E-state index in [1.54, 1.807) is 6.92 Å². The third-order valence-corrected chi connectivity index (χ3v) is 2.75. The molecular formula is C14H15NO6. The Morgan fingerprint density at radius 2 is 2.14 bits per heavy atom. The lowest BCUT2D eigenvalue weighted by Crippen LogP contribution is -2.06. The van der Waals surface area contributed by atoms with Crippen LogP contribution in [0.4, 0.5) is 5.69 Å². The Hall–Kier alpha value is -2.57. The summed E-state index contributed by atoms with van der Waals surface area (Å²) in [6.45, 7) is 4.15. The Labute approximate surface area is 120 Å². The van der Waals surface area contributed by atoms with Crippen molar-refractivity contribution >= 4 is 22.6 Å². The van der Waals surface area contributed by atoms with Gasteiger partial charge in [-0.25, -0.2) is 4.79 Å². The van der Waals surface area contributed by atoms with Gasteiger partial charge in [-0.1, -0.05) is 6.92 Å². The van der Waals surface area contributed by atoms with E-state index in [-0.39, 0.29) is 23.8 Å². The van der Waals surface area contributed by atoms with Gasteiger partial charge < -0.3 is 13.9 Å². The van der Waals surface area contributed by atoms with Crippen molar-refractivity contribution in [3.8, 4) is 5.75 Å². The molecule has 112 valence electrons. The van der Waals surface area contributed by atoms with Crippen molar-refractivity contribution < 1.29 is 23.6 Å². The third kappa shape index (κ3) is 2.96. The summed E-state index contributed by atoms with van der Waals surface area (Å²) in [6, 6.07) is 4.08. The summed E-state index contributed by atoms with van der Waals surface area (Å²) in [6.07, 6.45) is 0.726. The Morgan fingerprint density at radius 3 is 2.76 bits per heavy atom. The summed E-state index contributed by atoms with van der Waals surface area (Å²) in [7, 11) is 0. The molecule has 0 spiro atoms. The molecule has 0 amide bonds. The second-order valence-corrected chi connectivity index (χ2v) is 4.27. The van der Waals surface area contributed by atoms with Crippen LogP contribution < -0.4 is 4.74 Å². The van der Waals surface area contributed by atoms with Gasteiger partial charge in [0.05, 0.1) is 23.5 Å². The van der Waals surface area contributed by atoms with E-state index in [4.69, 9.17) is 13.9 Å². The molecule has 0 atom stereocenters. The minimum atomic E-state index is -0.651. The van der Waals surface area contributed by atoms with Gasteiger partial charge in [0.2, 0.25) is 0 Å². The van der Waals surface area contributed by atoms with Crippen LogP contribution in [0.2, 0.25) is 0 Å². The Kier molecular flexibility index (Phi) is 4.42. The van der Waals surface area contributed by atoms with E-state index in [2.05, 4.69) is 0 Å². The Bertz CT molecular complexity index is 675. The molecule has 0 unspecified atom stereocenters. The van der Waals surface area contributed by atoms with E-state index >= 15 is 0 Å². The van der Waals surface area contributed by atoms with Gasteiger partial charge in [0.1, 0.15) is 5.58 Å². The fourth-order valence-electron chi connectivity index (χ4n) is 1.86. The molecule has 0 bridgehead atoms. The molecule has 0 saturated carbocycles. The topological polar surface area (TPSA) is 91.8 Å². The van der Waals surface area contributed by atoms with E-state index in [0.29, 0.717) is 17.6 Å². The number of ether oxygens (including phenoxy) is 2. The fraction of sp³-hybridized carbons (Fsp3) is 0.357. The van der Waals surface area contributed by atoms with Crippen LogP contribution in [0.25, 0.3) is 11.0 Å². The number of nitro groups is 1. The molecule has 1 heterocycles. The van der Waals surface area contributed by atoms with Crippen molar-refractivity contribution in [3.05, 3.63) is 34.1 Å². The van der Waals surface area contributed by atoms with Gasteiger partial charge in [-0.15, -0.1) is 0 Å². The second-order valence-electron chi connectivity index (χ2n) is 4.27. The zero-order chi connectivity index (χ0) is 15.4. The van der Waals surface area contributed by atoms with Gasteiger partial charge in [-0.2, -0.15) is 0 Å². The summed E-state index contributed by atoms with van der Waals surface area (Å²) < 4.78 is 15.9. The summed E-state index contributed by atoms with van der Waals surface area (Å²) in [5, 5.41) is 11.2. The molecule has 2 aromatic rings. The zero-order valence-electron chi connectivity index (χ0n) is 11.8. The standard InChI is InChI=1S/C14H15NO6/c1-3-7-20-12-10-8-9(15(17)18)5-6-11(10)21-13(12)14(16)19-4-2/h5-6,8H,3-4,7H2,1-2H3. The van der Waals surface area contributed by atoms with Crippen LogP contribution in [0.5, 0.6) is 5.75 Å². The predicted molar refractivity (Wildman–Crippen MR) is 74.6 cm³/mol. The van der Waals surface area contributed by atoms with Crippen molar-refractivity contribution in [2.45, 2.75) is 20.3 Å². The first kappa shape index (κ1) is 14.8. The number of fused-ring (bicyclic) bond motifs is 1. The SMILES string of the molecule is CCCOc1c(C(=O)OCC)oc2ccc([N+](=O)[O-])cc12. The number of esters is 1. The predicted octanol–water partition coefficient (Wildman–Crippen LogP) is 3.31. The van der Waals surface area contributed by atoms with E-state index in [1.165, 1.54) is 18.2 Å². The van der Waals surface area contributed by atoms with Crippen molar-refractivity contribution in [3.63, 3.8) is 0 Å². The molecule has 0 aliphatic heterocycles. The lowest BCUT2D eigenvalue weighted by molar-refractivity contribution is -0.384. The summed E-state index contributed by atoms with van der Waals surface area (Å²) in [5.41, 5.74) is 0.245. The molecule has 1 aromatic carbocycles. The summed E-state index contributed by atoms with van der Waals surface area (Å²) >= 11 is 0. The monoisotopic (exact) mass is 293 g/mol. The van der Waals surface area contributed by atoms with Gasteiger partial charge in [0.25, 0.3) is 11.4 Å². The van der Waals surface area contributed by atoms with Crippen molar-refractivity contribution in [1.82, 2.24) is 0 Å². The highest BCUT2D eigenvalue weighted by Crippen LogP contribution is 2.36. The number of furan rings is 1. The quantitative estimate of drug-likeness (QED) is 0.461. The number of nitrogens with zero attached hydrogens (tertiary/aromatic N) is 1. The van der Waals surface area contributed by atoms with Gasteiger partial charge in [-0.05, 0) is 19.4 Å². The molecule has 0 N–H and O–H groups in total. The fourth-order valence-corrected chi connectivity index (χ4v) is 1.86. The molecule has 1 aromatic heterocycles. The summed E-state index contributed by atoms with van der Waals surface area (Å²) in [5.74, 6) is -0.530. The highest BCUT2D eigenvalue weighted by atomic mass is 16.6. The molecule has 0 saturated heterocycles. The lowest BCUT2D eigenvalue weighted by atomic mass is 10.2. The van der Waals surface area contributed by atoms with Crippen LogP contribution in [0.15, 0.2) is 22.6 Å². The molecule has 0 aliphatic carbocycles. The van der Waals surface area contributed by atoms with E-state index < -0.39 is 10.9 Å². The maximum Gasteiger partial charge on any atom is 0.378 e. The number of carbonyl (C=O) groups excluding carboxylic acids is 1. The summed E-state index contributed by atoms with van der Waals surface area (Å²) in [4.78, 5) is 22.2. The van der Waals surface area contributed by atoms with Crippen molar-refractivity contribution in [1.29, 1.82) is 0 Å². The number of hydrogen-bond acceptors (Lipinski definition) is 6. The molecule has 2 rings (SSSR count). The number of hydrogen-bond donors (Lipinski definition) is 0. The maximum absolute atomic E-state index is 11.9. The minimum absolute atomic E-state index is 0.0687. The van der Waals surface area contributed by atoms with E-state index in [0.717, 1.165) is 6.42 Å². The van der Waals surface area contributed by atoms with Crippen LogP contribution in [0.3, 0.4) is 0 Å². The number of rotatable bonds is 6. The zero-order valence-corrected chi connectivity index (χ0v) is 11.8. The largest absolute Gasteiger partial charge is 0.489 e. The second kappa shape index (κ2) is 6.25. The van der Waals surface area contributed by atoms with Gasteiger partial charge in [-0.3, -0.25) is 10.1 Å². The normalized spacial score (nSPS) is 10.6. The van der Waals surface area contributed by atoms with Crippen molar-refractivity contribution in [2.75, 3.05) is 13.2 Å². The molecular weight excluding hydrogens is 278 g/mol. The van der Waals surface area contributed by atoms with Crippen LogP contribution in [-0.4, -0.2) is 24.1 Å². The maximum atomic E-state index is 11.9. The molecule has 0 radical (unpaired) electrons. The van der Waals surface area contributed by atoms with Crippen LogP contribution in [0.1, 0.15) is 30.8 Å². The highest BCUT2D eigenvalue weighted by Gasteiger charge is 2.24.